The van der Waals surface area contributed by atoms with Crippen LogP contribution in [0.3, 0.4) is 0 Å². The number of nitrogens with two attached hydrogens (primary N) is 1. The summed E-state index contributed by atoms with van der Waals surface area (Å²) in [7, 11) is 0. The average molecular weight is 252 g/mol. The van der Waals surface area contributed by atoms with E-state index in [1.165, 1.54) is 0 Å². The van der Waals surface area contributed by atoms with Gasteiger partial charge in [0.1, 0.15) is 12.4 Å². The Morgan fingerprint density at radius 1 is 1.41 bits per heavy atom. The van der Waals surface area contributed by atoms with Gasteiger partial charge in [-0.3, -0.25) is 0 Å². The van der Waals surface area contributed by atoms with Crippen molar-refractivity contribution in [1.29, 1.82) is 0 Å². The largest absolute Gasteiger partial charge is 0.486 e. The summed E-state index contributed by atoms with van der Waals surface area (Å²) in [4.78, 5) is 4.20. The standard InChI is InChI=1S/C12H14ClN3O/c1-2-16-7-9(15-12(16)14)8-17-11-6-4-3-5-10(11)13/h3-7H,2,8H2,1H3,(H2,14,15). The molecule has 17 heavy (non-hydrogen) atoms. The second kappa shape index (κ2) is 5.10. The molecule has 2 rings (SSSR count). The van der Waals surface area contributed by atoms with Gasteiger partial charge in [0.2, 0.25) is 0 Å². The van der Waals surface area contributed by atoms with Crippen LogP contribution in [0, 0.1) is 0 Å². The number of halogens is 1. The molecule has 2 aromatic rings. The fourth-order valence-electron chi connectivity index (χ4n) is 1.52. The first kappa shape index (κ1) is 11.8. The lowest BCUT2D eigenvalue weighted by molar-refractivity contribution is 0.302. The lowest BCUT2D eigenvalue weighted by atomic mass is 10.3. The fraction of sp³-hybridized carbons (Fsp3) is 0.250. The SMILES string of the molecule is CCn1cc(COc2ccccc2Cl)nc1N. The van der Waals surface area contributed by atoms with E-state index in [2.05, 4.69) is 4.98 Å². The van der Waals surface area contributed by atoms with Crippen molar-refractivity contribution in [2.75, 3.05) is 5.73 Å². The van der Waals surface area contributed by atoms with E-state index in [9.17, 15) is 0 Å². The van der Waals surface area contributed by atoms with Crippen molar-refractivity contribution >= 4 is 17.5 Å². The first-order valence-corrected chi connectivity index (χ1v) is 5.77. The third-order valence-electron chi connectivity index (χ3n) is 2.41. The maximum atomic E-state index is 5.98. The summed E-state index contributed by atoms with van der Waals surface area (Å²) in [5.41, 5.74) is 6.52. The van der Waals surface area contributed by atoms with Crippen molar-refractivity contribution in [3.8, 4) is 5.75 Å². The topological polar surface area (TPSA) is 53.1 Å². The van der Waals surface area contributed by atoms with E-state index in [-0.39, 0.29) is 0 Å². The molecule has 1 aromatic heterocycles. The van der Waals surface area contributed by atoms with Crippen molar-refractivity contribution in [3.63, 3.8) is 0 Å². The number of nitrogens with zero attached hydrogens (tertiary/aromatic N) is 2. The molecule has 0 amide bonds. The second-order valence-electron chi connectivity index (χ2n) is 3.60. The molecular weight excluding hydrogens is 238 g/mol. The van der Waals surface area contributed by atoms with Crippen LogP contribution in [0.15, 0.2) is 30.5 Å². The van der Waals surface area contributed by atoms with E-state index in [1.807, 2.05) is 35.9 Å². The summed E-state index contributed by atoms with van der Waals surface area (Å²) in [6.45, 7) is 3.17. The molecular formula is C12H14ClN3O. The van der Waals surface area contributed by atoms with Crippen LogP contribution in [0.25, 0.3) is 0 Å². The Kier molecular flexibility index (Phi) is 3.54. The molecule has 5 heteroatoms. The number of aromatic nitrogens is 2. The quantitative estimate of drug-likeness (QED) is 0.909. The van der Waals surface area contributed by atoms with E-state index >= 15 is 0 Å². The third kappa shape index (κ3) is 2.71. The van der Waals surface area contributed by atoms with Crippen LogP contribution in [0.2, 0.25) is 5.02 Å². The normalized spacial score (nSPS) is 10.5. The first-order valence-electron chi connectivity index (χ1n) is 5.39. The number of aryl methyl sites for hydroxylation is 1. The van der Waals surface area contributed by atoms with Gasteiger partial charge in [0, 0.05) is 12.7 Å². The second-order valence-corrected chi connectivity index (χ2v) is 4.00. The lowest BCUT2D eigenvalue weighted by Gasteiger charge is -2.05. The zero-order valence-electron chi connectivity index (χ0n) is 9.56. The van der Waals surface area contributed by atoms with Gasteiger partial charge >= 0.3 is 0 Å². The van der Waals surface area contributed by atoms with Crippen LogP contribution in [0.1, 0.15) is 12.6 Å². The zero-order chi connectivity index (χ0) is 12.3. The van der Waals surface area contributed by atoms with Crippen LogP contribution < -0.4 is 10.5 Å². The smallest absolute Gasteiger partial charge is 0.200 e. The van der Waals surface area contributed by atoms with E-state index < -0.39 is 0 Å². The molecule has 0 unspecified atom stereocenters. The molecule has 0 fully saturated rings. The van der Waals surface area contributed by atoms with E-state index in [4.69, 9.17) is 22.1 Å². The number of imidazole rings is 1. The number of ether oxygens (including phenoxy) is 1. The molecule has 0 aliphatic heterocycles. The molecule has 0 spiro atoms. The average Bonchev–Trinajstić information content (AvgIpc) is 2.69. The van der Waals surface area contributed by atoms with Gasteiger partial charge in [-0.15, -0.1) is 0 Å². The predicted octanol–water partition coefficient (Wildman–Crippen LogP) is 2.72. The summed E-state index contributed by atoms with van der Waals surface area (Å²) in [5.74, 6) is 1.16. The maximum Gasteiger partial charge on any atom is 0.200 e. The highest BCUT2D eigenvalue weighted by molar-refractivity contribution is 6.32. The van der Waals surface area contributed by atoms with Crippen molar-refractivity contribution in [2.24, 2.45) is 0 Å². The van der Waals surface area contributed by atoms with Crippen LogP contribution in [-0.4, -0.2) is 9.55 Å². The monoisotopic (exact) mass is 251 g/mol. The highest BCUT2D eigenvalue weighted by atomic mass is 35.5. The molecule has 0 aliphatic carbocycles. The Bertz CT molecular complexity index is 510. The summed E-state index contributed by atoms with van der Waals surface area (Å²) in [6.07, 6.45) is 1.88. The highest BCUT2D eigenvalue weighted by Gasteiger charge is 2.05. The number of anilines is 1. The predicted molar refractivity (Wildman–Crippen MR) is 68.1 cm³/mol. The number of rotatable bonds is 4. The number of benzene rings is 1. The van der Waals surface area contributed by atoms with Gasteiger partial charge in [0.25, 0.3) is 0 Å². The number of hydrogen-bond donors (Lipinski definition) is 1. The summed E-state index contributed by atoms with van der Waals surface area (Å²) >= 11 is 5.98. The number of para-hydroxylation sites is 1. The maximum absolute atomic E-state index is 5.98. The minimum absolute atomic E-state index is 0.362. The Morgan fingerprint density at radius 3 is 2.82 bits per heavy atom. The van der Waals surface area contributed by atoms with E-state index in [0.717, 1.165) is 12.2 Å². The Labute approximate surface area is 105 Å². The van der Waals surface area contributed by atoms with Crippen LogP contribution in [0.4, 0.5) is 5.95 Å². The molecule has 4 nitrogen and oxygen atoms in total. The van der Waals surface area contributed by atoms with Gasteiger partial charge in [-0.05, 0) is 19.1 Å². The summed E-state index contributed by atoms with van der Waals surface area (Å²) < 4.78 is 7.44. The molecule has 0 radical (unpaired) electrons. The van der Waals surface area contributed by atoms with Crippen LogP contribution >= 0.6 is 11.6 Å². The van der Waals surface area contributed by atoms with Crippen LogP contribution in [-0.2, 0) is 13.2 Å². The molecule has 0 atom stereocenters. The minimum atomic E-state index is 0.362. The molecule has 1 aromatic carbocycles. The molecule has 2 N–H and O–H groups in total. The highest BCUT2D eigenvalue weighted by Crippen LogP contribution is 2.24. The summed E-state index contributed by atoms with van der Waals surface area (Å²) in [6, 6.07) is 7.34. The molecule has 0 saturated carbocycles. The molecule has 1 heterocycles. The zero-order valence-corrected chi connectivity index (χ0v) is 10.3. The molecule has 0 aliphatic rings. The Balaban J connectivity index is 2.05. The van der Waals surface area contributed by atoms with Gasteiger partial charge in [0.05, 0.1) is 10.7 Å². The number of nitrogen functional groups attached to an aromatic ring is 1. The van der Waals surface area contributed by atoms with Crippen LogP contribution in [0.5, 0.6) is 5.75 Å². The van der Waals surface area contributed by atoms with Gasteiger partial charge in [0.15, 0.2) is 5.95 Å². The van der Waals surface area contributed by atoms with E-state index in [1.54, 1.807) is 6.07 Å². The van der Waals surface area contributed by atoms with E-state index in [0.29, 0.717) is 23.3 Å². The van der Waals surface area contributed by atoms with Crippen molar-refractivity contribution in [2.45, 2.75) is 20.1 Å². The van der Waals surface area contributed by atoms with Gasteiger partial charge in [-0.25, -0.2) is 4.98 Å². The summed E-state index contributed by atoms with van der Waals surface area (Å²) in [5, 5.41) is 0.593. The molecule has 90 valence electrons. The Hall–Kier alpha value is -1.68. The lowest BCUT2D eigenvalue weighted by Crippen LogP contribution is -1.98. The minimum Gasteiger partial charge on any atom is -0.486 e. The molecule has 0 bridgehead atoms. The number of hydrogen-bond acceptors (Lipinski definition) is 3. The van der Waals surface area contributed by atoms with Crippen molar-refractivity contribution < 1.29 is 4.74 Å². The fourth-order valence-corrected chi connectivity index (χ4v) is 1.71. The van der Waals surface area contributed by atoms with Gasteiger partial charge < -0.3 is 15.0 Å². The van der Waals surface area contributed by atoms with Crippen molar-refractivity contribution in [1.82, 2.24) is 9.55 Å². The van der Waals surface area contributed by atoms with Crippen molar-refractivity contribution in [3.05, 3.63) is 41.2 Å². The van der Waals surface area contributed by atoms with Gasteiger partial charge in [-0.1, -0.05) is 23.7 Å². The molecule has 0 saturated heterocycles. The first-order chi connectivity index (χ1) is 8.20. The third-order valence-corrected chi connectivity index (χ3v) is 2.72. The van der Waals surface area contributed by atoms with Gasteiger partial charge in [-0.2, -0.15) is 0 Å². The Morgan fingerprint density at radius 2 is 2.18 bits per heavy atom.